The summed E-state index contributed by atoms with van der Waals surface area (Å²) in [6.45, 7) is 14.7. The second-order valence-corrected chi connectivity index (χ2v) is 15.9. The molecule has 1 aliphatic rings. The lowest BCUT2D eigenvalue weighted by Crippen LogP contribution is -2.47. The van der Waals surface area contributed by atoms with Crippen molar-refractivity contribution in [1.82, 2.24) is 5.32 Å². The summed E-state index contributed by atoms with van der Waals surface area (Å²) in [7, 11) is -1.92. The summed E-state index contributed by atoms with van der Waals surface area (Å²) in [5.41, 5.74) is 3.27. The smallest absolute Gasteiger partial charge is 0.192 e. The van der Waals surface area contributed by atoms with Crippen molar-refractivity contribution in [3.63, 3.8) is 0 Å². The molecule has 1 saturated heterocycles. The van der Waals surface area contributed by atoms with Crippen LogP contribution in [0, 0.1) is 6.92 Å². The fraction of sp³-hybridized carbons (Fsp3) is 0.500. The minimum absolute atomic E-state index is 0.0762. The maximum absolute atomic E-state index is 6.52. The van der Waals surface area contributed by atoms with Crippen molar-refractivity contribution >= 4 is 37.1 Å². The highest BCUT2D eigenvalue weighted by molar-refractivity contribution is 7.80. The summed E-state index contributed by atoms with van der Waals surface area (Å²) >= 11 is 12.0. The van der Waals surface area contributed by atoms with Crippen molar-refractivity contribution < 1.29 is 13.9 Å². The molecule has 3 rings (SSSR count). The maximum Gasteiger partial charge on any atom is 0.192 e. The zero-order valence-electron chi connectivity index (χ0n) is 20.5. The number of nitrogens with one attached hydrogen (secondary N) is 1. The van der Waals surface area contributed by atoms with E-state index in [1.807, 2.05) is 24.3 Å². The SMILES string of the molecule is Cc1cccc(COC2C(CO[Si](C)(C)C(C)(C)C)NC(=S)C2OCc2ccccc2Cl)c1. The van der Waals surface area contributed by atoms with Crippen LogP contribution in [0.3, 0.4) is 0 Å². The van der Waals surface area contributed by atoms with Crippen LogP contribution in [-0.2, 0) is 27.1 Å². The van der Waals surface area contributed by atoms with Crippen LogP contribution in [-0.4, -0.2) is 38.2 Å². The first-order chi connectivity index (χ1) is 15.5. The molecule has 3 atom stereocenters. The van der Waals surface area contributed by atoms with E-state index in [0.717, 1.165) is 11.1 Å². The third-order valence-electron chi connectivity index (χ3n) is 6.61. The van der Waals surface area contributed by atoms with E-state index in [9.17, 15) is 0 Å². The quantitative estimate of drug-likeness (QED) is 0.313. The first kappa shape index (κ1) is 26.3. The molecule has 1 N–H and O–H groups in total. The Kier molecular flexibility index (Phi) is 8.75. The highest BCUT2D eigenvalue weighted by Gasteiger charge is 2.44. The van der Waals surface area contributed by atoms with Gasteiger partial charge in [-0.25, -0.2) is 0 Å². The van der Waals surface area contributed by atoms with Gasteiger partial charge in [0, 0.05) is 5.02 Å². The first-order valence-electron chi connectivity index (χ1n) is 11.4. The topological polar surface area (TPSA) is 39.7 Å². The van der Waals surface area contributed by atoms with Crippen LogP contribution in [0.4, 0.5) is 0 Å². The van der Waals surface area contributed by atoms with Gasteiger partial charge in [-0.2, -0.15) is 0 Å². The summed E-state index contributed by atoms with van der Waals surface area (Å²) in [5.74, 6) is 0. The lowest BCUT2D eigenvalue weighted by molar-refractivity contribution is -0.0610. The van der Waals surface area contributed by atoms with Gasteiger partial charge >= 0.3 is 0 Å². The third-order valence-corrected chi connectivity index (χ3v) is 11.8. The number of thiocarbonyl (C=S) groups is 1. The van der Waals surface area contributed by atoms with Crippen LogP contribution in [0.25, 0.3) is 0 Å². The Bertz CT molecular complexity index is 963. The van der Waals surface area contributed by atoms with E-state index in [1.165, 1.54) is 5.56 Å². The predicted molar refractivity (Wildman–Crippen MR) is 142 cm³/mol. The lowest BCUT2D eigenvalue weighted by atomic mass is 10.1. The van der Waals surface area contributed by atoms with Crippen molar-refractivity contribution in [2.24, 2.45) is 0 Å². The van der Waals surface area contributed by atoms with E-state index in [-0.39, 0.29) is 23.3 Å². The molecule has 0 aliphatic carbocycles. The number of hydrogen-bond donors (Lipinski definition) is 1. The van der Waals surface area contributed by atoms with Gasteiger partial charge in [0.2, 0.25) is 0 Å². The molecule has 0 bridgehead atoms. The summed E-state index contributed by atoms with van der Waals surface area (Å²) in [6, 6.07) is 16.0. The molecule has 180 valence electrons. The van der Waals surface area contributed by atoms with Crippen LogP contribution in [0.5, 0.6) is 0 Å². The molecule has 0 amide bonds. The minimum Gasteiger partial charge on any atom is -0.415 e. The van der Waals surface area contributed by atoms with Gasteiger partial charge < -0.3 is 19.2 Å². The normalized spacial score (nSPS) is 21.3. The van der Waals surface area contributed by atoms with Gasteiger partial charge in [-0.05, 0) is 42.2 Å². The number of benzene rings is 2. The van der Waals surface area contributed by atoms with Gasteiger partial charge in [-0.3, -0.25) is 0 Å². The molecule has 0 radical (unpaired) electrons. The molecule has 1 heterocycles. The third kappa shape index (κ3) is 6.87. The molecule has 4 nitrogen and oxygen atoms in total. The second-order valence-electron chi connectivity index (χ2n) is 10.3. The Morgan fingerprint density at radius 2 is 1.76 bits per heavy atom. The zero-order valence-corrected chi connectivity index (χ0v) is 23.1. The molecule has 1 aliphatic heterocycles. The Balaban J connectivity index is 1.74. The molecule has 0 spiro atoms. The lowest BCUT2D eigenvalue weighted by Gasteiger charge is -2.37. The van der Waals surface area contributed by atoms with Crippen LogP contribution >= 0.6 is 23.8 Å². The monoisotopic (exact) mass is 505 g/mol. The summed E-state index contributed by atoms with van der Waals surface area (Å²) in [4.78, 5) is 0.653. The van der Waals surface area contributed by atoms with Crippen molar-refractivity contribution in [3.05, 3.63) is 70.2 Å². The van der Waals surface area contributed by atoms with Crippen LogP contribution in [0.1, 0.15) is 37.5 Å². The van der Waals surface area contributed by atoms with E-state index >= 15 is 0 Å². The molecule has 0 saturated carbocycles. The first-order valence-corrected chi connectivity index (χ1v) is 15.1. The Labute approximate surface area is 210 Å². The molecule has 7 heteroatoms. The van der Waals surface area contributed by atoms with Crippen molar-refractivity contribution in [3.8, 4) is 0 Å². The average Bonchev–Trinajstić information content (AvgIpc) is 3.04. The molecule has 1 fully saturated rings. The van der Waals surface area contributed by atoms with E-state index < -0.39 is 8.32 Å². The van der Waals surface area contributed by atoms with Crippen LogP contribution in [0.2, 0.25) is 23.2 Å². The fourth-order valence-electron chi connectivity index (χ4n) is 3.52. The Morgan fingerprint density at radius 1 is 1.03 bits per heavy atom. The largest absolute Gasteiger partial charge is 0.415 e. The summed E-state index contributed by atoms with van der Waals surface area (Å²) < 4.78 is 19.2. The molecule has 0 aromatic heterocycles. The van der Waals surface area contributed by atoms with Gasteiger partial charge in [-0.1, -0.05) is 92.6 Å². The molecular weight excluding hydrogens is 470 g/mol. The Hall–Kier alpha value is -1.28. The maximum atomic E-state index is 6.52. The van der Waals surface area contributed by atoms with Gasteiger partial charge in [0.05, 0.1) is 25.9 Å². The minimum atomic E-state index is -1.92. The standard InChI is InChI=1S/C26H36ClNO3SSi/c1-18-10-9-11-19(14-18)15-29-23-22(17-31-33(5,6)26(2,3)4)28-25(32)24(23)30-16-20-12-7-8-13-21(20)27/h7-14,22-24H,15-17H2,1-6H3,(H,28,32). The van der Waals surface area contributed by atoms with Crippen molar-refractivity contribution in [1.29, 1.82) is 0 Å². The van der Waals surface area contributed by atoms with Gasteiger partial charge in [0.15, 0.2) is 8.32 Å². The highest BCUT2D eigenvalue weighted by atomic mass is 35.5. The molecule has 3 unspecified atom stereocenters. The zero-order chi connectivity index (χ0) is 24.2. The van der Waals surface area contributed by atoms with E-state index in [2.05, 4.69) is 70.4 Å². The van der Waals surface area contributed by atoms with Crippen LogP contribution < -0.4 is 5.32 Å². The highest BCUT2D eigenvalue weighted by Crippen LogP contribution is 2.37. The van der Waals surface area contributed by atoms with Gasteiger partial charge in [0.1, 0.15) is 17.2 Å². The number of rotatable bonds is 9. The van der Waals surface area contributed by atoms with Crippen LogP contribution in [0.15, 0.2) is 48.5 Å². The van der Waals surface area contributed by atoms with E-state index in [4.69, 9.17) is 37.7 Å². The molecule has 33 heavy (non-hydrogen) atoms. The average molecular weight is 506 g/mol. The van der Waals surface area contributed by atoms with E-state index in [1.54, 1.807) is 0 Å². The summed E-state index contributed by atoms with van der Waals surface area (Å²) in [6.07, 6.45) is -0.626. The van der Waals surface area contributed by atoms with E-state index in [0.29, 0.717) is 29.8 Å². The fourth-order valence-corrected chi connectivity index (χ4v) is 5.09. The molecular formula is C26H36ClNO3SSi. The van der Waals surface area contributed by atoms with Crippen molar-refractivity contribution in [2.75, 3.05) is 6.61 Å². The number of ether oxygens (including phenoxy) is 2. The van der Waals surface area contributed by atoms with Gasteiger partial charge in [0.25, 0.3) is 0 Å². The predicted octanol–water partition coefficient (Wildman–Crippen LogP) is 6.44. The molecule has 2 aromatic rings. The number of aryl methyl sites for hydroxylation is 1. The van der Waals surface area contributed by atoms with Crippen molar-refractivity contribution in [2.45, 2.75) is 77.3 Å². The number of hydrogen-bond acceptors (Lipinski definition) is 4. The second kappa shape index (κ2) is 11.0. The number of halogens is 1. The van der Waals surface area contributed by atoms with Gasteiger partial charge in [-0.15, -0.1) is 0 Å². The Morgan fingerprint density at radius 3 is 2.42 bits per heavy atom. The summed E-state index contributed by atoms with van der Waals surface area (Å²) in [5, 5.41) is 4.24. The molecule has 2 aromatic carbocycles.